The number of hydrogen-bond acceptors (Lipinski definition) is 6. The standard InChI is InChI=1S/C29H28F3N5O3/c1-18(2)33-17-20-8-10-21(11-9-20)25(38)16-26-34-28(35-27(39)24-7-5-4-6-19(24)3)37(36-26)22-12-14-23(15-13-22)40-29(30,31)32/h4-15,18,33H,16-17H2,1-3H3,(H,34,35,36,39). The molecule has 11 heteroatoms. The number of hydrogen-bond donors (Lipinski definition) is 2. The van der Waals surface area contributed by atoms with Crippen LogP contribution in [0.1, 0.15) is 51.5 Å². The fourth-order valence-corrected chi connectivity index (χ4v) is 3.85. The van der Waals surface area contributed by atoms with Crippen molar-refractivity contribution >= 4 is 17.6 Å². The van der Waals surface area contributed by atoms with Crippen LogP contribution in [-0.2, 0) is 13.0 Å². The molecular formula is C29H28F3N5O3. The molecule has 0 aliphatic heterocycles. The molecule has 0 fully saturated rings. The lowest BCUT2D eigenvalue weighted by molar-refractivity contribution is -0.274. The van der Waals surface area contributed by atoms with Gasteiger partial charge < -0.3 is 10.1 Å². The van der Waals surface area contributed by atoms with E-state index >= 15 is 0 Å². The highest BCUT2D eigenvalue weighted by atomic mass is 19.4. The maximum atomic E-state index is 13.0. The third kappa shape index (κ3) is 7.54. The molecule has 0 atom stereocenters. The number of carbonyl (C=O) groups excluding carboxylic acids is 2. The number of amides is 1. The zero-order valence-corrected chi connectivity index (χ0v) is 22.1. The number of nitrogens with zero attached hydrogens (tertiary/aromatic N) is 3. The van der Waals surface area contributed by atoms with E-state index in [4.69, 9.17) is 0 Å². The molecule has 1 heterocycles. The first-order valence-electron chi connectivity index (χ1n) is 12.5. The molecule has 0 radical (unpaired) electrons. The van der Waals surface area contributed by atoms with Crippen molar-refractivity contribution in [3.05, 3.63) is 101 Å². The zero-order valence-electron chi connectivity index (χ0n) is 22.1. The molecule has 1 aromatic heterocycles. The summed E-state index contributed by atoms with van der Waals surface area (Å²) in [6, 6.07) is 19.4. The Morgan fingerprint density at radius 3 is 2.27 bits per heavy atom. The van der Waals surface area contributed by atoms with E-state index in [9.17, 15) is 22.8 Å². The van der Waals surface area contributed by atoms with E-state index in [0.717, 1.165) is 23.3 Å². The van der Waals surface area contributed by atoms with Crippen LogP contribution in [0.3, 0.4) is 0 Å². The summed E-state index contributed by atoms with van der Waals surface area (Å²) in [5, 5.41) is 10.4. The number of carbonyl (C=O) groups is 2. The van der Waals surface area contributed by atoms with Crippen molar-refractivity contribution in [2.24, 2.45) is 0 Å². The smallest absolute Gasteiger partial charge is 0.406 e. The Hall–Kier alpha value is -4.51. The van der Waals surface area contributed by atoms with Crippen molar-refractivity contribution in [2.75, 3.05) is 5.32 Å². The van der Waals surface area contributed by atoms with Crippen LogP contribution in [0.2, 0.25) is 0 Å². The number of nitrogens with one attached hydrogen (secondary N) is 2. The summed E-state index contributed by atoms with van der Waals surface area (Å²) in [6.07, 6.45) is -4.99. The molecule has 0 unspecified atom stereocenters. The van der Waals surface area contributed by atoms with Gasteiger partial charge in [0.05, 0.1) is 12.1 Å². The maximum Gasteiger partial charge on any atom is 0.573 e. The van der Waals surface area contributed by atoms with E-state index in [2.05, 4.69) is 25.5 Å². The number of ketones is 1. The average molecular weight is 552 g/mol. The van der Waals surface area contributed by atoms with Crippen LogP contribution in [0.15, 0.2) is 72.8 Å². The Morgan fingerprint density at radius 2 is 1.65 bits per heavy atom. The lowest BCUT2D eigenvalue weighted by atomic mass is 10.1. The van der Waals surface area contributed by atoms with E-state index in [-0.39, 0.29) is 24.0 Å². The first kappa shape index (κ1) is 28.5. The van der Waals surface area contributed by atoms with Gasteiger partial charge in [0.1, 0.15) is 5.75 Å². The summed E-state index contributed by atoms with van der Waals surface area (Å²) in [4.78, 5) is 30.4. The molecule has 0 saturated carbocycles. The second-order valence-corrected chi connectivity index (χ2v) is 9.41. The molecule has 40 heavy (non-hydrogen) atoms. The topological polar surface area (TPSA) is 98.1 Å². The van der Waals surface area contributed by atoms with Crippen molar-refractivity contribution in [1.29, 1.82) is 0 Å². The van der Waals surface area contributed by atoms with Crippen molar-refractivity contribution in [3.8, 4) is 11.4 Å². The normalized spacial score (nSPS) is 11.5. The number of ether oxygens (including phenoxy) is 1. The zero-order chi connectivity index (χ0) is 28.9. The number of Topliss-reactive ketones (excluding diaryl/α,β-unsaturated/α-hetero) is 1. The number of aromatic nitrogens is 3. The fourth-order valence-electron chi connectivity index (χ4n) is 3.85. The highest BCUT2D eigenvalue weighted by molar-refractivity contribution is 6.04. The summed E-state index contributed by atoms with van der Waals surface area (Å²) in [5.41, 5.74) is 2.97. The molecule has 8 nitrogen and oxygen atoms in total. The molecular weight excluding hydrogens is 523 g/mol. The molecule has 208 valence electrons. The quantitative estimate of drug-likeness (QED) is 0.247. The van der Waals surface area contributed by atoms with Crippen LogP contribution in [0.4, 0.5) is 19.1 Å². The average Bonchev–Trinajstić information content (AvgIpc) is 3.29. The number of aryl methyl sites for hydroxylation is 1. The van der Waals surface area contributed by atoms with E-state index in [1.165, 1.54) is 16.8 Å². The SMILES string of the molecule is Cc1ccccc1C(=O)Nc1nc(CC(=O)c2ccc(CNC(C)C)cc2)nn1-c1ccc(OC(F)(F)F)cc1. The number of halogens is 3. The first-order chi connectivity index (χ1) is 19.0. The molecule has 4 rings (SSSR count). The Kier molecular flexibility index (Phi) is 8.64. The Labute approximate surface area is 229 Å². The van der Waals surface area contributed by atoms with Crippen molar-refractivity contribution in [2.45, 2.75) is 46.1 Å². The second kappa shape index (κ2) is 12.1. The van der Waals surface area contributed by atoms with Crippen LogP contribution >= 0.6 is 0 Å². The van der Waals surface area contributed by atoms with E-state index in [1.54, 1.807) is 43.3 Å². The molecule has 0 spiro atoms. The van der Waals surface area contributed by atoms with Gasteiger partial charge in [0, 0.05) is 23.7 Å². The van der Waals surface area contributed by atoms with Gasteiger partial charge in [0.25, 0.3) is 5.91 Å². The van der Waals surface area contributed by atoms with Crippen LogP contribution in [0, 0.1) is 6.92 Å². The van der Waals surface area contributed by atoms with Gasteiger partial charge in [-0.2, -0.15) is 9.67 Å². The molecule has 0 aliphatic rings. The lowest BCUT2D eigenvalue weighted by Gasteiger charge is -2.11. The Balaban J connectivity index is 1.59. The van der Waals surface area contributed by atoms with E-state index < -0.39 is 18.0 Å². The van der Waals surface area contributed by atoms with Crippen LogP contribution in [0.25, 0.3) is 5.69 Å². The molecule has 1 amide bonds. The monoisotopic (exact) mass is 551 g/mol. The van der Waals surface area contributed by atoms with Gasteiger partial charge in [-0.25, -0.2) is 0 Å². The first-order valence-corrected chi connectivity index (χ1v) is 12.5. The molecule has 0 bridgehead atoms. The molecule has 0 saturated heterocycles. The number of anilines is 1. The van der Waals surface area contributed by atoms with E-state index in [1.807, 2.05) is 26.0 Å². The fraction of sp³-hybridized carbons (Fsp3) is 0.241. The number of alkyl halides is 3. The second-order valence-electron chi connectivity index (χ2n) is 9.41. The van der Waals surface area contributed by atoms with E-state index in [0.29, 0.717) is 29.4 Å². The van der Waals surface area contributed by atoms with Gasteiger partial charge in [0.15, 0.2) is 11.6 Å². The maximum absolute atomic E-state index is 13.0. The third-order valence-corrected chi connectivity index (χ3v) is 5.89. The Morgan fingerprint density at radius 1 is 0.975 bits per heavy atom. The largest absolute Gasteiger partial charge is 0.573 e. The molecule has 2 N–H and O–H groups in total. The highest BCUT2D eigenvalue weighted by Gasteiger charge is 2.31. The summed E-state index contributed by atoms with van der Waals surface area (Å²) in [5.74, 6) is -0.954. The molecule has 4 aromatic rings. The summed E-state index contributed by atoms with van der Waals surface area (Å²) in [6.45, 7) is 6.56. The summed E-state index contributed by atoms with van der Waals surface area (Å²) < 4.78 is 43.0. The van der Waals surface area contributed by atoms with Crippen LogP contribution < -0.4 is 15.4 Å². The number of benzene rings is 3. The van der Waals surface area contributed by atoms with Crippen LogP contribution in [0.5, 0.6) is 5.75 Å². The van der Waals surface area contributed by atoms with Gasteiger partial charge in [-0.15, -0.1) is 18.3 Å². The van der Waals surface area contributed by atoms with Gasteiger partial charge in [-0.3, -0.25) is 14.9 Å². The van der Waals surface area contributed by atoms with Crippen molar-refractivity contribution in [3.63, 3.8) is 0 Å². The van der Waals surface area contributed by atoms with Crippen LogP contribution in [-0.4, -0.2) is 38.9 Å². The van der Waals surface area contributed by atoms with Gasteiger partial charge in [0.2, 0.25) is 5.95 Å². The highest BCUT2D eigenvalue weighted by Crippen LogP contribution is 2.25. The molecule has 3 aromatic carbocycles. The molecule has 0 aliphatic carbocycles. The van der Waals surface area contributed by atoms with Gasteiger partial charge in [-0.05, 0) is 48.4 Å². The lowest BCUT2D eigenvalue weighted by Crippen LogP contribution is -2.21. The summed E-state index contributed by atoms with van der Waals surface area (Å²) >= 11 is 0. The minimum absolute atomic E-state index is 0.00986. The minimum Gasteiger partial charge on any atom is -0.406 e. The van der Waals surface area contributed by atoms with Crippen molar-refractivity contribution in [1.82, 2.24) is 20.1 Å². The number of rotatable bonds is 10. The van der Waals surface area contributed by atoms with Gasteiger partial charge in [-0.1, -0.05) is 56.3 Å². The van der Waals surface area contributed by atoms with Crippen molar-refractivity contribution < 1.29 is 27.5 Å². The predicted octanol–water partition coefficient (Wildman–Crippen LogP) is 5.65. The van der Waals surface area contributed by atoms with Gasteiger partial charge >= 0.3 is 6.36 Å². The predicted molar refractivity (Wildman–Crippen MR) is 144 cm³/mol. The third-order valence-electron chi connectivity index (χ3n) is 5.89. The summed E-state index contributed by atoms with van der Waals surface area (Å²) in [7, 11) is 0. The Bertz CT molecular complexity index is 1480. The minimum atomic E-state index is -4.84.